The molecule has 0 spiro atoms. The van der Waals surface area contributed by atoms with Crippen molar-refractivity contribution in [2.45, 2.75) is 26.2 Å². The summed E-state index contributed by atoms with van der Waals surface area (Å²) in [6.07, 6.45) is 1.62. The maximum absolute atomic E-state index is 14.8. The second-order valence-electron chi connectivity index (χ2n) is 8.24. The molecule has 0 saturated carbocycles. The fraction of sp³-hybridized carbons (Fsp3) is 0.160. The average molecular weight is 438 g/mol. The summed E-state index contributed by atoms with van der Waals surface area (Å²) < 4.78 is 45.2. The number of hydrogen-bond acceptors (Lipinski definition) is 1. The first-order valence-electron chi connectivity index (χ1n) is 9.91. The van der Waals surface area contributed by atoms with Gasteiger partial charge in [-0.2, -0.15) is 0 Å². The van der Waals surface area contributed by atoms with E-state index in [1.807, 2.05) is 81.4 Å². The van der Waals surface area contributed by atoms with E-state index in [1.165, 1.54) is 4.57 Å². The van der Waals surface area contributed by atoms with Gasteiger partial charge in [-0.15, -0.1) is 0 Å². The van der Waals surface area contributed by atoms with E-state index in [0.29, 0.717) is 11.3 Å². The van der Waals surface area contributed by atoms with Crippen LogP contribution in [0.2, 0.25) is 0 Å². The zero-order valence-corrected chi connectivity index (χ0v) is 18.4. The van der Waals surface area contributed by atoms with Crippen molar-refractivity contribution in [3.05, 3.63) is 102 Å². The van der Waals surface area contributed by atoms with Gasteiger partial charge in [0, 0.05) is 19.5 Å². The van der Waals surface area contributed by atoms with Crippen LogP contribution in [0, 0.1) is 17.5 Å². The second kappa shape index (κ2) is 8.32. The molecule has 31 heavy (non-hydrogen) atoms. The fourth-order valence-electron chi connectivity index (χ4n) is 3.33. The lowest BCUT2D eigenvalue weighted by molar-refractivity contribution is 0.489. The van der Waals surface area contributed by atoms with Crippen LogP contribution in [0.25, 0.3) is 5.69 Å². The van der Waals surface area contributed by atoms with Crippen molar-refractivity contribution in [2.75, 3.05) is 0 Å². The minimum atomic E-state index is -1.26. The first-order chi connectivity index (χ1) is 14.8. The molecule has 158 valence electrons. The average Bonchev–Trinajstić information content (AvgIpc) is 3.18. The maximum Gasteiger partial charge on any atom is 0.185 e. The summed E-state index contributed by atoms with van der Waals surface area (Å²) in [4.78, 5) is 4.86. The Morgan fingerprint density at radius 3 is 1.77 bits per heavy atom. The molecule has 0 amide bonds. The molecule has 4 rings (SSSR count). The highest BCUT2D eigenvalue weighted by Gasteiger charge is 2.29. The predicted molar refractivity (Wildman–Crippen MR) is 121 cm³/mol. The Kier molecular flexibility index (Phi) is 5.72. The fourth-order valence-corrected chi connectivity index (χ4v) is 5.61. The first kappa shape index (κ1) is 21.3. The van der Waals surface area contributed by atoms with Gasteiger partial charge in [0.2, 0.25) is 0 Å². The summed E-state index contributed by atoms with van der Waals surface area (Å²) in [6, 6.07) is 21.2. The van der Waals surface area contributed by atoms with Gasteiger partial charge in [0.25, 0.3) is 0 Å². The molecule has 6 heteroatoms. The lowest BCUT2D eigenvalue weighted by Crippen LogP contribution is -2.28. The number of imidazole rings is 1. The van der Waals surface area contributed by atoms with Gasteiger partial charge in [0.05, 0.1) is 5.69 Å². The molecule has 0 aliphatic carbocycles. The number of benzene rings is 3. The Labute approximate surface area is 181 Å². The Morgan fingerprint density at radius 1 is 0.742 bits per heavy atom. The van der Waals surface area contributed by atoms with E-state index in [-0.39, 0.29) is 5.41 Å². The van der Waals surface area contributed by atoms with Crippen LogP contribution in [0.1, 0.15) is 26.5 Å². The summed E-state index contributed by atoms with van der Waals surface area (Å²) in [5, 5.41) is 1.96. The molecule has 0 saturated heterocycles. The molecule has 4 aromatic rings. The smallest absolute Gasteiger partial charge is 0.185 e. The molecule has 3 aromatic carbocycles. The highest BCUT2D eigenvalue weighted by molar-refractivity contribution is 7.79. The Hall–Kier alpha value is -2.91. The maximum atomic E-state index is 14.8. The van der Waals surface area contributed by atoms with Crippen LogP contribution in [-0.4, -0.2) is 9.55 Å². The highest BCUT2D eigenvalue weighted by atomic mass is 31.1. The van der Waals surface area contributed by atoms with Crippen LogP contribution < -0.4 is 16.2 Å². The largest absolute Gasteiger partial charge is 0.294 e. The first-order valence-corrected chi connectivity index (χ1v) is 11.3. The van der Waals surface area contributed by atoms with E-state index in [0.717, 1.165) is 22.7 Å². The third-order valence-electron chi connectivity index (χ3n) is 4.95. The molecule has 0 radical (unpaired) electrons. The molecule has 0 aliphatic heterocycles. The van der Waals surface area contributed by atoms with Crippen LogP contribution in [0.15, 0.2) is 79.0 Å². The SMILES string of the molecule is CC(C)(C)c1cn(-c2c(F)ccc(F)c2F)c(P(c2ccccc2)c2ccccc2)n1. The highest BCUT2D eigenvalue weighted by Crippen LogP contribution is 2.35. The predicted octanol–water partition coefficient (Wildman–Crippen LogP) is 5.35. The van der Waals surface area contributed by atoms with Crippen LogP contribution in [0.4, 0.5) is 13.2 Å². The van der Waals surface area contributed by atoms with E-state index in [1.54, 1.807) is 6.20 Å². The van der Waals surface area contributed by atoms with Gasteiger partial charge in [0.1, 0.15) is 17.1 Å². The second-order valence-corrected chi connectivity index (χ2v) is 10.3. The van der Waals surface area contributed by atoms with Gasteiger partial charge < -0.3 is 0 Å². The third kappa shape index (κ3) is 4.15. The van der Waals surface area contributed by atoms with Crippen LogP contribution in [0.3, 0.4) is 0 Å². The number of rotatable bonds is 4. The normalized spacial score (nSPS) is 11.8. The topological polar surface area (TPSA) is 17.8 Å². The van der Waals surface area contributed by atoms with Gasteiger partial charge in [-0.05, 0) is 22.7 Å². The Bertz CT molecular complexity index is 1160. The Balaban J connectivity index is 2.05. The Morgan fingerprint density at radius 2 is 1.26 bits per heavy atom. The van der Waals surface area contributed by atoms with E-state index in [4.69, 9.17) is 4.98 Å². The van der Waals surface area contributed by atoms with Crippen LogP contribution >= 0.6 is 7.92 Å². The summed E-state index contributed by atoms with van der Waals surface area (Å²) in [5.74, 6) is -3.17. The minimum Gasteiger partial charge on any atom is -0.294 e. The molecule has 1 aromatic heterocycles. The number of hydrogen-bond donors (Lipinski definition) is 0. The van der Waals surface area contributed by atoms with Crippen LogP contribution in [-0.2, 0) is 5.41 Å². The molecule has 0 fully saturated rings. The van der Waals surface area contributed by atoms with Gasteiger partial charge in [-0.3, -0.25) is 4.57 Å². The van der Waals surface area contributed by atoms with Crippen molar-refractivity contribution in [2.24, 2.45) is 0 Å². The van der Waals surface area contributed by atoms with E-state index < -0.39 is 31.1 Å². The standard InChI is InChI=1S/C25H22F3N2P/c1-25(2,3)21-16-30(23-20(27)15-14-19(26)22(23)28)24(29-21)31(17-10-6-4-7-11-17)18-12-8-5-9-13-18/h4-16H,1-3H3. The van der Waals surface area contributed by atoms with Crippen molar-refractivity contribution in [3.8, 4) is 5.69 Å². The van der Waals surface area contributed by atoms with Crippen molar-refractivity contribution in [1.82, 2.24) is 9.55 Å². The molecule has 0 unspecified atom stereocenters. The zero-order valence-electron chi connectivity index (χ0n) is 17.5. The van der Waals surface area contributed by atoms with Gasteiger partial charge in [-0.25, -0.2) is 18.2 Å². The molecule has 1 heterocycles. The van der Waals surface area contributed by atoms with Crippen molar-refractivity contribution in [1.29, 1.82) is 0 Å². The van der Waals surface area contributed by atoms with Gasteiger partial charge in [0.15, 0.2) is 11.6 Å². The van der Waals surface area contributed by atoms with Crippen molar-refractivity contribution in [3.63, 3.8) is 0 Å². The zero-order chi connectivity index (χ0) is 22.2. The monoisotopic (exact) mass is 438 g/mol. The van der Waals surface area contributed by atoms with Crippen molar-refractivity contribution >= 4 is 24.1 Å². The molecule has 0 bridgehead atoms. The number of aromatic nitrogens is 2. The van der Waals surface area contributed by atoms with E-state index in [2.05, 4.69) is 0 Å². The summed E-state index contributed by atoms with van der Waals surface area (Å²) in [6.45, 7) is 5.94. The molecular weight excluding hydrogens is 416 g/mol. The quantitative estimate of drug-likeness (QED) is 0.311. The molecular formula is C25H22F3N2P. The molecule has 0 aliphatic rings. The lowest BCUT2D eigenvalue weighted by atomic mass is 9.93. The van der Waals surface area contributed by atoms with Crippen molar-refractivity contribution < 1.29 is 13.2 Å². The minimum absolute atomic E-state index is 0.366. The third-order valence-corrected chi connectivity index (χ3v) is 7.29. The summed E-state index contributed by atoms with van der Waals surface area (Å²) >= 11 is 0. The van der Waals surface area contributed by atoms with E-state index >= 15 is 0 Å². The van der Waals surface area contributed by atoms with Gasteiger partial charge >= 0.3 is 0 Å². The van der Waals surface area contributed by atoms with Crippen LogP contribution in [0.5, 0.6) is 0 Å². The lowest BCUT2D eigenvalue weighted by Gasteiger charge is -2.20. The summed E-state index contributed by atoms with van der Waals surface area (Å²) in [5.41, 5.74) is 0.345. The summed E-state index contributed by atoms with van der Waals surface area (Å²) in [7, 11) is -1.26. The molecule has 0 N–H and O–H groups in total. The number of nitrogens with zero attached hydrogens (tertiary/aromatic N) is 2. The molecule has 0 atom stereocenters. The molecule has 2 nitrogen and oxygen atoms in total. The number of halogens is 3. The van der Waals surface area contributed by atoms with E-state index in [9.17, 15) is 13.2 Å². The van der Waals surface area contributed by atoms with Gasteiger partial charge in [-0.1, -0.05) is 81.4 Å².